The average Bonchev–Trinajstić information content (AvgIpc) is 2.67. The van der Waals surface area contributed by atoms with Crippen LogP contribution in [0.25, 0.3) is 11.0 Å². The lowest BCUT2D eigenvalue weighted by molar-refractivity contribution is 0.0898. The second-order valence-electron chi connectivity index (χ2n) is 6.15. The van der Waals surface area contributed by atoms with Gasteiger partial charge in [0.2, 0.25) is 0 Å². The molecule has 104 valence electrons. The van der Waals surface area contributed by atoms with Crippen LogP contribution in [-0.4, -0.2) is 24.2 Å². The lowest BCUT2D eigenvalue weighted by Gasteiger charge is -2.15. The van der Waals surface area contributed by atoms with Crippen LogP contribution in [0, 0.1) is 6.92 Å². The van der Waals surface area contributed by atoms with Crippen LogP contribution in [0.3, 0.4) is 0 Å². The molecule has 1 heterocycles. The molecular formula is C14H21BrN2OSi. The third kappa shape index (κ3) is 3.90. The zero-order chi connectivity index (χ0) is 14.0. The number of fused-ring (bicyclic) bond motifs is 1. The molecule has 1 aromatic heterocycles. The zero-order valence-corrected chi connectivity index (χ0v) is 14.6. The fourth-order valence-corrected chi connectivity index (χ4v) is 2.92. The highest BCUT2D eigenvalue weighted by molar-refractivity contribution is 9.10. The third-order valence-electron chi connectivity index (χ3n) is 3.13. The van der Waals surface area contributed by atoms with Crippen molar-refractivity contribution >= 4 is 35.0 Å². The number of imidazole rings is 1. The molecule has 19 heavy (non-hydrogen) atoms. The molecule has 0 unspecified atom stereocenters. The van der Waals surface area contributed by atoms with Gasteiger partial charge in [0.25, 0.3) is 0 Å². The lowest BCUT2D eigenvalue weighted by atomic mass is 10.2. The van der Waals surface area contributed by atoms with Gasteiger partial charge in [0.1, 0.15) is 6.73 Å². The molecule has 5 heteroatoms. The van der Waals surface area contributed by atoms with Crippen molar-refractivity contribution in [3.63, 3.8) is 0 Å². The fraction of sp³-hybridized carbons (Fsp3) is 0.500. The first kappa shape index (κ1) is 14.7. The van der Waals surface area contributed by atoms with Crippen LogP contribution in [0.15, 0.2) is 22.9 Å². The standard InChI is InChI=1S/C14H21BrN2OSi/c1-11-7-14-13(8-12(11)15)16-9-17(14)10-18-5-6-19(2,3)4/h7-9H,5-6,10H2,1-4H3. The maximum atomic E-state index is 5.78. The first-order valence-electron chi connectivity index (χ1n) is 6.55. The predicted molar refractivity (Wildman–Crippen MR) is 86.3 cm³/mol. The van der Waals surface area contributed by atoms with Crippen LogP contribution < -0.4 is 0 Å². The van der Waals surface area contributed by atoms with Crippen molar-refractivity contribution in [1.29, 1.82) is 0 Å². The molecule has 0 aliphatic carbocycles. The highest BCUT2D eigenvalue weighted by Crippen LogP contribution is 2.23. The van der Waals surface area contributed by atoms with Gasteiger partial charge in [0.15, 0.2) is 0 Å². The Morgan fingerprint density at radius 1 is 1.32 bits per heavy atom. The van der Waals surface area contributed by atoms with E-state index in [9.17, 15) is 0 Å². The number of aromatic nitrogens is 2. The molecule has 0 N–H and O–H groups in total. The van der Waals surface area contributed by atoms with Gasteiger partial charge >= 0.3 is 0 Å². The van der Waals surface area contributed by atoms with E-state index in [1.54, 1.807) is 0 Å². The summed E-state index contributed by atoms with van der Waals surface area (Å²) in [5.74, 6) is 0. The third-order valence-corrected chi connectivity index (χ3v) is 5.69. The number of halogens is 1. The largest absolute Gasteiger partial charge is 0.361 e. The molecule has 2 rings (SSSR count). The Morgan fingerprint density at radius 3 is 2.74 bits per heavy atom. The van der Waals surface area contributed by atoms with Gasteiger partial charge in [-0.15, -0.1) is 0 Å². The minimum Gasteiger partial charge on any atom is -0.361 e. The average molecular weight is 341 g/mol. The van der Waals surface area contributed by atoms with E-state index in [0.29, 0.717) is 6.73 Å². The summed E-state index contributed by atoms with van der Waals surface area (Å²) in [4.78, 5) is 4.41. The van der Waals surface area contributed by atoms with E-state index in [2.05, 4.69) is 64.2 Å². The Hall–Kier alpha value is -0.653. The monoisotopic (exact) mass is 340 g/mol. The number of hydrogen-bond donors (Lipinski definition) is 0. The molecule has 0 saturated carbocycles. The molecular weight excluding hydrogens is 320 g/mol. The second kappa shape index (κ2) is 5.77. The maximum absolute atomic E-state index is 5.78. The van der Waals surface area contributed by atoms with Gasteiger partial charge in [-0.2, -0.15) is 0 Å². The summed E-state index contributed by atoms with van der Waals surface area (Å²) in [6.45, 7) is 10.6. The highest BCUT2D eigenvalue weighted by Gasteiger charge is 2.12. The van der Waals surface area contributed by atoms with Crippen molar-refractivity contribution in [3.05, 3.63) is 28.5 Å². The smallest absolute Gasteiger partial charge is 0.124 e. The van der Waals surface area contributed by atoms with E-state index in [1.807, 2.05) is 6.33 Å². The van der Waals surface area contributed by atoms with E-state index in [1.165, 1.54) is 11.6 Å². The van der Waals surface area contributed by atoms with Crippen LogP contribution in [0.2, 0.25) is 25.7 Å². The van der Waals surface area contributed by atoms with Crippen LogP contribution in [0.4, 0.5) is 0 Å². The van der Waals surface area contributed by atoms with Gasteiger partial charge in [-0.1, -0.05) is 35.6 Å². The molecule has 0 saturated heterocycles. The Balaban J connectivity index is 2.03. The molecule has 1 aromatic carbocycles. The quantitative estimate of drug-likeness (QED) is 0.595. The molecule has 0 spiro atoms. The van der Waals surface area contributed by atoms with E-state index < -0.39 is 8.07 Å². The van der Waals surface area contributed by atoms with Crippen LogP contribution >= 0.6 is 15.9 Å². The number of aryl methyl sites for hydroxylation is 1. The van der Waals surface area contributed by atoms with Gasteiger partial charge < -0.3 is 9.30 Å². The van der Waals surface area contributed by atoms with Crippen molar-refractivity contribution in [1.82, 2.24) is 9.55 Å². The molecule has 2 aromatic rings. The van der Waals surface area contributed by atoms with Gasteiger partial charge in [-0.05, 0) is 30.7 Å². The Labute approximate surface area is 124 Å². The maximum Gasteiger partial charge on any atom is 0.124 e. The Kier molecular flexibility index (Phi) is 4.48. The van der Waals surface area contributed by atoms with E-state index in [4.69, 9.17) is 4.74 Å². The minimum atomic E-state index is -1.01. The molecule has 3 nitrogen and oxygen atoms in total. The summed E-state index contributed by atoms with van der Waals surface area (Å²) in [5, 5.41) is 0. The molecule has 0 amide bonds. The second-order valence-corrected chi connectivity index (χ2v) is 12.6. The summed E-state index contributed by atoms with van der Waals surface area (Å²) in [5.41, 5.74) is 3.36. The normalized spacial score (nSPS) is 12.3. The first-order chi connectivity index (χ1) is 8.87. The van der Waals surface area contributed by atoms with E-state index >= 15 is 0 Å². The molecule has 0 bridgehead atoms. The molecule has 0 aliphatic rings. The molecule has 0 atom stereocenters. The zero-order valence-electron chi connectivity index (χ0n) is 12.0. The lowest BCUT2D eigenvalue weighted by Crippen LogP contribution is -2.21. The molecule has 0 fully saturated rings. The Morgan fingerprint density at radius 2 is 2.05 bits per heavy atom. The van der Waals surface area contributed by atoms with Crippen LogP contribution in [-0.2, 0) is 11.5 Å². The van der Waals surface area contributed by atoms with Crippen molar-refractivity contribution in [2.24, 2.45) is 0 Å². The SMILES string of the molecule is Cc1cc2c(cc1Br)ncn2COCC[Si](C)(C)C. The molecule has 0 aliphatic heterocycles. The number of hydrogen-bond acceptors (Lipinski definition) is 2. The van der Waals surface area contributed by atoms with E-state index in [-0.39, 0.29) is 0 Å². The minimum absolute atomic E-state index is 0.585. The van der Waals surface area contributed by atoms with E-state index in [0.717, 1.165) is 22.1 Å². The summed E-state index contributed by atoms with van der Waals surface area (Å²) in [6, 6.07) is 5.40. The first-order valence-corrected chi connectivity index (χ1v) is 11.1. The topological polar surface area (TPSA) is 27.1 Å². The summed E-state index contributed by atoms with van der Waals surface area (Å²) < 4.78 is 8.95. The number of rotatable bonds is 5. The van der Waals surface area contributed by atoms with Gasteiger partial charge in [-0.3, -0.25) is 0 Å². The van der Waals surface area contributed by atoms with Crippen LogP contribution in [0.5, 0.6) is 0 Å². The number of nitrogens with zero attached hydrogens (tertiary/aromatic N) is 2. The fourth-order valence-electron chi connectivity index (χ4n) is 1.83. The number of benzene rings is 1. The summed E-state index contributed by atoms with van der Waals surface area (Å²) in [6.07, 6.45) is 1.85. The summed E-state index contributed by atoms with van der Waals surface area (Å²) in [7, 11) is -1.01. The predicted octanol–water partition coefficient (Wildman–Crippen LogP) is 4.42. The van der Waals surface area contributed by atoms with Crippen molar-refractivity contribution < 1.29 is 4.74 Å². The van der Waals surface area contributed by atoms with Crippen molar-refractivity contribution in [3.8, 4) is 0 Å². The van der Waals surface area contributed by atoms with Gasteiger partial charge in [-0.25, -0.2) is 4.98 Å². The van der Waals surface area contributed by atoms with Crippen molar-refractivity contribution in [2.75, 3.05) is 6.61 Å². The van der Waals surface area contributed by atoms with Crippen LogP contribution in [0.1, 0.15) is 5.56 Å². The Bertz CT molecular complexity index is 575. The van der Waals surface area contributed by atoms with Gasteiger partial charge in [0, 0.05) is 19.2 Å². The highest BCUT2D eigenvalue weighted by atomic mass is 79.9. The van der Waals surface area contributed by atoms with Crippen molar-refractivity contribution in [2.45, 2.75) is 39.3 Å². The molecule has 0 radical (unpaired) electrons. The summed E-state index contributed by atoms with van der Waals surface area (Å²) >= 11 is 3.54. The number of ether oxygens (including phenoxy) is 1. The van der Waals surface area contributed by atoms with Gasteiger partial charge in [0.05, 0.1) is 17.4 Å².